The molecule has 1 N–H and O–H groups in total. The Hall–Kier alpha value is -3.96. The van der Waals surface area contributed by atoms with E-state index >= 15 is 0 Å². The molecular weight excluding hydrogens is 470 g/mol. The van der Waals surface area contributed by atoms with Crippen LogP contribution in [0.3, 0.4) is 0 Å². The Kier molecular flexibility index (Phi) is 8.84. The van der Waals surface area contributed by atoms with Gasteiger partial charge in [-0.3, -0.25) is 14.6 Å². The number of hydrogen-bond donors (Lipinski definition) is 1. The fraction of sp³-hybridized carbons (Fsp3) is 0.167. The highest BCUT2D eigenvalue weighted by Gasteiger charge is 2.31. The zero-order valence-corrected chi connectivity index (χ0v) is 20.6. The summed E-state index contributed by atoms with van der Waals surface area (Å²) in [6.45, 7) is 0.605. The van der Waals surface area contributed by atoms with E-state index in [1.807, 2.05) is 84.9 Å². The summed E-state index contributed by atoms with van der Waals surface area (Å²) in [5.74, 6) is -0.341. The highest BCUT2D eigenvalue weighted by Crippen LogP contribution is 2.26. The zero-order valence-electron chi connectivity index (χ0n) is 19.9. The van der Waals surface area contributed by atoms with Gasteiger partial charge >= 0.3 is 0 Å². The topological polar surface area (TPSA) is 62.3 Å². The summed E-state index contributed by atoms with van der Waals surface area (Å²) in [5, 5.41) is 3.63. The highest BCUT2D eigenvalue weighted by atomic mass is 35.5. The molecule has 0 saturated heterocycles. The van der Waals surface area contributed by atoms with Gasteiger partial charge in [0.25, 0.3) is 0 Å². The minimum absolute atomic E-state index is 0.0980. The Balaban J connectivity index is 1.62. The maximum Gasteiger partial charge on any atom is 0.247 e. The minimum Gasteiger partial charge on any atom is -0.350 e. The Morgan fingerprint density at radius 2 is 1.47 bits per heavy atom. The number of halogens is 1. The average Bonchev–Trinajstić information content (AvgIpc) is 2.93. The number of rotatable bonds is 10. The second-order valence-electron chi connectivity index (χ2n) is 8.53. The average molecular weight is 498 g/mol. The highest BCUT2D eigenvalue weighted by molar-refractivity contribution is 6.30. The summed E-state index contributed by atoms with van der Waals surface area (Å²) < 4.78 is 0. The lowest BCUT2D eigenvalue weighted by Gasteiger charge is -2.32. The Morgan fingerprint density at radius 1 is 0.806 bits per heavy atom. The molecule has 4 aromatic rings. The van der Waals surface area contributed by atoms with Gasteiger partial charge in [0.05, 0.1) is 0 Å². The van der Waals surface area contributed by atoms with Gasteiger partial charge in [-0.2, -0.15) is 0 Å². The van der Waals surface area contributed by atoms with Gasteiger partial charge in [0, 0.05) is 36.9 Å². The number of amides is 2. The first-order valence-electron chi connectivity index (χ1n) is 11.9. The van der Waals surface area contributed by atoms with Gasteiger partial charge in [-0.05, 0) is 46.9 Å². The van der Waals surface area contributed by atoms with Gasteiger partial charge in [-0.15, -0.1) is 0 Å². The molecular formula is C30H28ClN3O2. The number of aryl methyl sites for hydroxylation is 1. The molecule has 3 aromatic carbocycles. The van der Waals surface area contributed by atoms with Crippen molar-refractivity contribution in [2.75, 3.05) is 0 Å². The van der Waals surface area contributed by atoms with E-state index in [-0.39, 0.29) is 24.8 Å². The van der Waals surface area contributed by atoms with Gasteiger partial charge in [0.2, 0.25) is 11.8 Å². The van der Waals surface area contributed by atoms with Crippen LogP contribution < -0.4 is 5.32 Å². The summed E-state index contributed by atoms with van der Waals surface area (Å²) in [6, 6.07) is 29.6. The molecule has 6 heteroatoms. The van der Waals surface area contributed by atoms with Crippen molar-refractivity contribution in [2.24, 2.45) is 0 Å². The van der Waals surface area contributed by atoms with Crippen LogP contribution >= 0.6 is 11.6 Å². The summed E-state index contributed by atoms with van der Waals surface area (Å²) in [5.41, 5.74) is 3.61. The third-order valence-electron chi connectivity index (χ3n) is 5.92. The Bertz CT molecular complexity index is 1250. The molecule has 0 radical (unpaired) electrons. The SMILES string of the molecule is O=C(NCc1cccnc1)[C@@H](c1ccccc1)N(Cc1ccc(Cl)cc1)C(=O)CCc1ccccc1. The van der Waals surface area contributed by atoms with Crippen LogP contribution in [0.1, 0.15) is 34.7 Å². The van der Waals surface area contributed by atoms with E-state index in [0.717, 1.165) is 22.3 Å². The van der Waals surface area contributed by atoms with Crippen LogP contribution in [0.2, 0.25) is 5.02 Å². The normalized spacial score (nSPS) is 11.5. The third-order valence-corrected chi connectivity index (χ3v) is 6.17. The van der Waals surface area contributed by atoms with E-state index in [1.54, 1.807) is 29.4 Å². The predicted octanol–water partition coefficient (Wildman–Crippen LogP) is 5.75. The zero-order chi connectivity index (χ0) is 25.2. The Morgan fingerprint density at radius 3 is 2.14 bits per heavy atom. The minimum atomic E-state index is -0.790. The maximum absolute atomic E-state index is 13.7. The van der Waals surface area contributed by atoms with E-state index in [4.69, 9.17) is 11.6 Å². The number of aromatic nitrogens is 1. The second kappa shape index (κ2) is 12.7. The predicted molar refractivity (Wildman–Crippen MR) is 142 cm³/mol. The number of nitrogens with one attached hydrogen (secondary N) is 1. The van der Waals surface area contributed by atoms with Crippen molar-refractivity contribution in [3.8, 4) is 0 Å². The fourth-order valence-electron chi connectivity index (χ4n) is 4.05. The van der Waals surface area contributed by atoms with Crippen molar-refractivity contribution in [3.05, 3.63) is 137 Å². The van der Waals surface area contributed by atoms with Crippen LogP contribution in [-0.4, -0.2) is 21.7 Å². The number of carbonyl (C=O) groups excluding carboxylic acids is 2. The van der Waals surface area contributed by atoms with Gasteiger partial charge in [0.15, 0.2) is 0 Å². The van der Waals surface area contributed by atoms with Crippen LogP contribution in [0, 0.1) is 0 Å². The number of hydrogen-bond acceptors (Lipinski definition) is 3. The molecule has 0 aliphatic heterocycles. The van der Waals surface area contributed by atoms with Crippen molar-refractivity contribution in [1.82, 2.24) is 15.2 Å². The molecule has 182 valence electrons. The number of nitrogens with zero attached hydrogens (tertiary/aromatic N) is 2. The first-order valence-corrected chi connectivity index (χ1v) is 12.3. The molecule has 36 heavy (non-hydrogen) atoms. The lowest BCUT2D eigenvalue weighted by molar-refractivity contribution is -0.141. The lowest BCUT2D eigenvalue weighted by atomic mass is 10.0. The molecule has 0 spiro atoms. The third kappa shape index (κ3) is 7.03. The van der Waals surface area contributed by atoms with Gasteiger partial charge < -0.3 is 10.2 Å². The molecule has 0 aliphatic carbocycles. The molecule has 1 aromatic heterocycles. The summed E-state index contributed by atoms with van der Waals surface area (Å²) in [6.07, 6.45) is 4.29. The molecule has 1 atom stereocenters. The molecule has 0 bridgehead atoms. The first kappa shape index (κ1) is 25.1. The van der Waals surface area contributed by atoms with Crippen LogP contribution in [0.5, 0.6) is 0 Å². The van der Waals surface area contributed by atoms with Crippen molar-refractivity contribution < 1.29 is 9.59 Å². The van der Waals surface area contributed by atoms with E-state index in [1.165, 1.54) is 0 Å². The smallest absolute Gasteiger partial charge is 0.247 e. The molecule has 0 unspecified atom stereocenters. The van der Waals surface area contributed by atoms with E-state index in [0.29, 0.717) is 18.0 Å². The van der Waals surface area contributed by atoms with Gasteiger partial charge in [-0.1, -0.05) is 90.5 Å². The van der Waals surface area contributed by atoms with Crippen LogP contribution in [0.15, 0.2) is 109 Å². The number of pyridine rings is 1. The summed E-state index contributed by atoms with van der Waals surface area (Å²) in [4.78, 5) is 33.1. The monoisotopic (exact) mass is 497 g/mol. The van der Waals surface area contributed by atoms with Crippen LogP contribution in [-0.2, 0) is 29.1 Å². The van der Waals surface area contributed by atoms with Crippen molar-refractivity contribution in [2.45, 2.75) is 32.0 Å². The first-order chi connectivity index (χ1) is 17.6. The van der Waals surface area contributed by atoms with Gasteiger partial charge in [0.1, 0.15) is 6.04 Å². The fourth-order valence-corrected chi connectivity index (χ4v) is 4.17. The molecule has 0 aliphatic rings. The van der Waals surface area contributed by atoms with Crippen molar-refractivity contribution in [1.29, 1.82) is 0 Å². The molecule has 0 saturated carbocycles. The standard InChI is InChI=1S/C30H28ClN3O2/c31-27-16-13-24(14-17-27)22-34(28(35)18-15-23-8-3-1-4-9-23)29(26-11-5-2-6-12-26)30(36)33-21-25-10-7-19-32-20-25/h1-14,16-17,19-20,29H,15,18,21-22H2,(H,33,36)/t29-/m1/s1. The van der Waals surface area contributed by atoms with Crippen molar-refractivity contribution >= 4 is 23.4 Å². The van der Waals surface area contributed by atoms with E-state index in [9.17, 15) is 9.59 Å². The van der Waals surface area contributed by atoms with Crippen molar-refractivity contribution in [3.63, 3.8) is 0 Å². The Labute approximate surface area is 216 Å². The van der Waals surface area contributed by atoms with Gasteiger partial charge in [-0.25, -0.2) is 0 Å². The molecule has 4 rings (SSSR count). The molecule has 5 nitrogen and oxygen atoms in total. The van der Waals surface area contributed by atoms with E-state index < -0.39 is 6.04 Å². The second-order valence-corrected chi connectivity index (χ2v) is 8.96. The summed E-state index contributed by atoms with van der Waals surface area (Å²) in [7, 11) is 0. The molecule has 2 amide bonds. The quantitative estimate of drug-likeness (QED) is 0.303. The maximum atomic E-state index is 13.7. The van der Waals surface area contributed by atoms with Crippen LogP contribution in [0.4, 0.5) is 0 Å². The molecule has 0 fully saturated rings. The van der Waals surface area contributed by atoms with Crippen LogP contribution in [0.25, 0.3) is 0 Å². The number of benzene rings is 3. The molecule has 1 heterocycles. The largest absolute Gasteiger partial charge is 0.350 e. The number of carbonyl (C=O) groups is 2. The summed E-state index contributed by atoms with van der Waals surface area (Å²) >= 11 is 6.09. The van der Waals surface area contributed by atoms with E-state index in [2.05, 4.69) is 10.3 Å². The lowest BCUT2D eigenvalue weighted by Crippen LogP contribution is -2.43.